The molecule has 78 valence electrons. The van der Waals surface area contributed by atoms with Crippen LogP contribution in [0, 0.1) is 0 Å². The van der Waals surface area contributed by atoms with Gasteiger partial charge in [0.15, 0.2) is 5.96 Å². The van der Waals surface area contributed by atoms with Gasteiger partial charge in [0.2, 0.25) is 0 Å². The Hall–Kier alpha value is -0.970. The second kappa shape index (κ2) is 9.12. The molecule has 0 aromatic heterocycles. The molecule has 6 heteroatoms. The minimum absolute atomic E-state index is 0. The maximum absolute atomic E-state index is 10.6. The number of unbranched alkanes of at least 4 members (excludes halogenated alkanes) is 1. The third-order valence-electron chi connectivity index (χ3n) is 1.31. The summed E-state index contributed by atoms with van der Waals surface area (Å²) in [5.74, 6) is -0.104. The molecule has 0 amide bonds. The molecule has 0 heterocycles. The van der Waals surface area contributed by atoms with Crippen molar-refractivity contribution in [3.63, 3.8) is 0 Å². The number of carbonyl (C=O) groups is 1. The number of nitrogens with two attached hydrogens (primary N) is 2. The van der Waals surface area contributed by atoms with E-state index in [-0.39, 0.29) is 24.3 Å². The molecular formula is C7H16ClN3O2. The molecule has 0 aliphatic carbocycles. The van der Waals surface area contributed by atoms with Gasteiger partial charge in [0.1, 0.15) is 0 Å². The second-order valence-corrected chi connectivity index (χ2v) is 2.34. The van der Waals surface area contributed by atoms with Crippen LogP contribution in [0.2, 0.25) is 0 Å². The summed E-state index contributed by atoms with van der Waals surface area (Å²) in [4.78, 5) is 14.4. The van der Waals surface area contributed by atoms with Crippen LogP contribution in [0.4, 0.5) is 0 Å². The first-order valence-electron chi connectivity index (χ1n) is 3.79. The zero-order valence-electron chi connectivity index (χ0n) is 7.66. The second-order valence-electron chi connectivity index (χ2n) is 2.34. The number of rotatable bonds is 5. The normalized spacial score (nSPS) is 8.38. The molecule has 0 aromatic rings. The van der Waals surface area contributed by atoms with Gasteiger partial charge in [0.25, 0.3) is 0 Å². The Morgan fingerprint density at radius 3 is 2.46 bits per heavy atom. The quantitative estimate of drug-likeness (QED) is 0.289. The highest BCUT2D eigenvalue weighted by molar-refractivity contribution is 5.85. The monoisotopic (exact) mass is 209 g/mol. The van der Waals surface area contributed by atoms with E-state index in [0.717, 1.165) is 12.8 Å². The lowest BCUT2D eigenvalue weighted by atomic mass is 10.2. The summed E-state index contributed by atoms with van der Waals surface area (Å²) >= 11 is 0. The van der Waals surface area contributed by atoms with E-state index in [4.69, 9.17) is 11.5 Å². The minimum Gasteiger partial charge on any atom is -0.469 e. The summed E-state index contributed by atoms with van der Waals surface area (Å²) in [6.07, 6.45) is 1.98. The van der Waals surface area contributed by atoms with Crippen molar-refractivity contribution in [2.75, 3.05) is 13.7 Å². The van der Waals surface area contributed by atoms with Gasteiger partial charge < -0.3 is 16.2 Å². The maximum atomic E-state index is 10.6. The highest BCUT2D eigenvalue weighted by atomic mass is 35.5. The molecule has 0 radical (unpaired) electrons. The van der Waals surface area contributed by atoms with E-state index in [2.05, 4.69) is 9.73 Å². The lowest BCUT2D eigenvalue weighted by Gasteiger charge is -1.97. The zero-order chi connectivity index (χ0) is 9.40. The molecule has 0 saturated heterocycles. The highest BCUT2D eigenvalue weighted by Gasteiger charge is 1.97. The van der Waals surface area contributed by atoms with Gasteiger partial charge in [-0.1, -0.05) is 0 Å². The van der Waals surface area contributed by atoms with E-state index in [1.54, 1.807) is 0 Å². The Kier molecular flexibility index (Phi) is 10.2. The molecule has 0 rings (SSSR count). The summed E-state index contributed by atoms with van der Waals surface area (Å²) in [6.45, 7) is 0.569. The number of hydrogen-bond donors (Lipinski definition) is 2. The Balaban J connectivity index is 0. The summed E-state index contributed by atoms with van der Waals surface area (Å²) in [5.41, 5.74) is 10.2. The van der Waals surface area contributed by atoms with Crippen LogP contribution in [0.5, 0.6) is 0 Å². The first kappa shape index (κ1) is 14.5. The first-order valence-corrected chi connectivity index (χ1v) is 3.79. The van der Waals surface area contributed by atoms with Gasteiger partial charge >= 0.3 is 5.97 Å². The fourth-order valence-corrected chi connectivity index (χ4v) is 0.691. The average molecular weight is 210 g/mol. The van der Waals surface area contributed by atoms with E-state index in [9.17, 15) is 4.79 Å². The Bertz CT molecular complexity index is 169. The summed E-state index contributed by atoms with van der Waals surface area (Å²) in [6, 6.07) is 0. The molecule has 5 nitrogen and oxygen atoms in total. The van der Waals surface area contributed by atoms with Crippen LogP contribution in [0.1, 0.15) is 19.3 Å². The largest absolute Gasteiger partial charge is 0.469 e. The Labute approximate surface area is 83.9 Å². The molecule has 0 bridgehead atoms. The predicted molar refractivity (Wildman–Crippen MR) is 53.8 cm³/mol. The van der Waals surface area contributed by atoms with E-state index >= 15 is 0 Å². The molecule has 0 aliphatic rings. The summed E-state index contributed by atoms with van der Waals surface area (Å²) in [5, 5.41) is 0. The predicted octanol–water partition coefficient (Wildman–Crippen LogP) is 0.0249. The number of halogens is 1. The van der Waals surface area contributed by atoms with E-state index < -0.39 is 0 Å². The number of nitrogens with zero attached hydrogens (tertiary/aromatic N) is 1. The van der Waals surface area contributed by atoms with E-state index in [0.29, 0.717) is 13.0 Å². The van der Waals surface area contributed by atoms with Gasteiger partial charge in [-0.2, -0.15) is 0 Å². The maximum Gasteiger partial charge on any atom is 0.305 e. The number of methoxy groups -OCH3 is 1. The third kappa shape index (κ3) is 11.0. The van der Waals surface area contributed by atoms with E-state index in [1.165, 1.54) is 7.11 Å². The fraction of sp³-hybridized carbons (Fsp3) is 0.714. The van der Waals surface area contributed by atoms with Crippen LogP contribution in [0.15, 0.2) is 4.99 Å². The lowest BCUT2D eigenvalue weighted by Crippen LogP contribution is -2.22. The minimum atomic E-state index is -0.195. The van der Waals surface area contributed by atoms with Crippen LogP contribution in [-0.4, -0.2) is 25.6 Å². The van der Waals surface area contributed by atoms with Crippen LogP contribution in [0.25, 0.3) is 0 Å². The molecule has 0 spiro atoms. The van der Waals surface area contributed by atoms with Gasteiger partial charge in [-0.25, -0.2) is 0 Å². The van der Waals surface area contributed by atoms with Gasteiger partial charge in [-0.15, -0.1) is 12.4 Å². The van der Waals surface area contributed by atoms with Gasteiger partial charge in [0, 0.05) is 13.0 Å². The lowest BCUT2D eigenvalue weighted by molar-refractivity contribution is -0.140. The van der Waals surface area contributed by atoms with E-state index in [1.807, 2.05) is 0 Å². The number of ether oxygens (including phenoxy) is 1. The molecule has 0 aromatic carbocycles. The first-order chi connectivity index (χ1) is 5.66. The number of guanidine groups is 1. The molecule has 13 heavy (non-hydrogen) atoms. The van der Waals surface area contributed by atoms with Crippen molar-refractivity contribution in [3.8, 4) is 0 Å². The van der Waals surface area contributed by atoms with Crippen LogP contribution in [0.3, 0.4) is 0 Å². The molecule has 4 N–H and O–H groups in total. The molecule has 0 unspecified atom stereocenters. The van der Waals surface area contributed by atoms with Gasteiger partial charge in [0.05, 0.1) is 7.11 Å². The van der Waals surface area contributed by atoms with Gasteiger partial charge in [-0.3, -0.25) is 9.79 Å². The Morgan fingerprint density at radius 1 is 1.38 bits per heavy atom. The van der Waals surface area contributed by atoms with Crippen molar-refractivity contribution in [3.05, 3.63) is 0 Å². The fourth-order valence-electron chi connectivity index (χ4n) is 0.691. The van der Waals surface area contributed by atoms with Crippen LogP contribution in [-0.2, 0) is 9.53 Å². The molecule has 0 aliphatic heterocycles. The van der Waals surface area contributed by atoms with Crippen molar-refractivity contribution < 1.29 is 9.53 Å². The summed E-state index contributed by atoms with van der Waals surface area (Å²) in [7, 11) is 1.37. The molecular weight excluding hydrogens is 194 g/mol. The number of aliphatic imine (C=N–C) groups is 1. The third-order valence-corrected chi connectivity index (χ3v) is 1.31. The Morgan fingerprint density at radius 2 is 2.00 bits per heavy atom. The van der Waals surface area contributed by atoms with Crippen molar-refractivity contribution in [1.82, 2.24) is 0 Å². The molecule has 0 atom stereocenters. The van der Waals surface area contributed by atoms with Crippen molar-refractivity contribution >= 4 is 24.3 Å². The van der Waals surface area contributed by atoms with Crippen LogP contribution >= 0.6 is 12.4 Å². The topological polar surface area (TPSA) is 90.7 Å². The zero-order valence-corrected chi connectivity index (χ0v) is 8.47. The van der Waals surface area contributed by atoms with Gasteiger partial charge in [-0.05, 0) is 12.8 Å². The summed E-state index contributed by atoms with van der Waals surface area (Å²) < 4.78 is 4.45. The SMILES string of the molecule is COC(=O)CCCCN=C(N)N.Cl. The average Bonchev–Trinajstić information content (AvgIpc) is 2.03. The van der Waals surface area contributed by atoms with Crippen LogP contribution < -0.4 is 11.5 Å². The van der Waals surface area contributed by atoms with Crippen molar-refractivity contribution in [1.29, 1.82) is 0 Å². The number of esters is 1. The molecule has 0 saturated carbocycles. The molecule has 0 fully saturated rings. The van der Waals surface area contributed by atoms with Crippen molar-refractivity contribution in [2.45, 2.75) is 19.3 Å². The number of carbonyl (C=O) groups excluding carboxylic acids is 1. The number of hydrogen-bond acceptors (Lipinski definition) is 3. The van der Waals surface area contributed by atoms with Crippen molar-refractivity contribution in [2.24, 2.45) is 16.5 Å². The smallest absolute Gasteiger partial charge is 0.305 e. The highest BCUT2D eigenvalue weighted by Crippen LogP contribution is 1.96. The standard InChI is InChI=1S/C7H15N3O2.ClH/c1-12-6(11)4-2-3-5-10-7(8)9;/h2-5H2,1H3,(H4,8,9,10);1H.